The van der Waals surface area contributed by atoms with E-state index in [1.165, 1.54) is 0 Å². The van der Waals surface area contributed by atoms with Gasteiger partial charge in [-0.15, -0.1) is 0 Å². The van der Waals surface area contributed by atoms with Gasteiger partial charge in [-0.05, 0) is 48.7 Å². The first-order valence-corrected chi connectivity index (χ1v) is 9.91. The van der Waals surface area contributed by atoms with Gasteiger partial charge >= 0.3 is 0 Å². The molecule has 1 amide bonds. The topological polar surface area (TPSA) is 51.9 Å². The maximum atomic E-state index is 13.6. The Labute approximate surface area is 170 Å². The van der Waals surface area contributed by atoms with Gasteiger partial charge in [0, 0.05) is 6.54 Å². The number of ether oxygens (including phenoxy) is 2. The lowest BCUT2D eigenvalue weighted by Gasteiger charge is -2.27. The van der Waals surface area contributed by atoms with Crippen molar-refractivity contribution in [1.29, 1.82) is 0 Å². The zero-order chi connectivity index (χ0) is 20.2. The summed E-state index contributed by atoms with van der Waals surface area (Å²) in [4.78, 5) is 15.4. The molecule has 0 bridgehead atoms. The van der Waals surface area contributed by atoms with Crippen LogP contribution in [0, 0.1) is 6.92 Å². The standard InChI is InChI=1S/C24H25NO4/c1-3-21(19-7-5-4-6-8-19)24(26)25(15-20-11-9-17(2)29-20)14-18-10-12-22-23(13-18)28-16-27-22/h4-13,21H,3,14-16H2,1-2H3. The number of fused-ring (bicyclic) bond motifs is 1. The van der Waals surface area contributed by atoms with E-state index in [0.717, 1.165) is 40.6 Å². The van der Waals surface area contributed by atoms with Crippen molar-refractivity contribution >= 4 is 5.91 Å². The van der Waals surface area contributed by atoms with Crippen LogP contribution in [0.25, 0.3) is 0 Å². The highest BCUT2D eigenvalue weighted by Gasteiger charge is 2.26. The van der Waals surface area contributed by atoms with Gasteiger partial charge in [0.25, 0.3) is 0 Å². The molecule has 1 aliphatic rings. The summed E-state index contributed by atoms with van der Waals surface area (Å²) < 4.78 is 16.7. The monoisotopic (exact) mass is 391 g/mol. The van der Waals surface area contributed by atoms with Crippen molar-refractivity contribution < 1.29 is 18.7 Å². The molecule has 0 N–H and O–H groups in total. The SMILES string of the molecule is CCC(C(=O)N(Cc1ccc2c(c1)OCO2)Cc1ccc(C)o1)c1ccccc1. The second-order valence-corrected chi connectivity index (χ2v) is 7.27. The lowest BCUT2D eigenvalue weighted by Crippen LogP contribution is -2.34. The molecule has 0 radical (unpaired) electrons. The molecule has 150 valence electrons. The first-order valence-electron chi connectivity index (χ1n) is 9.91. The fraction of sp³-hybridized carbons (Fsp3) is 0.292. The van der Waals surface area contributed by atoms with E-state index in [-0.39, 0.29) is 18.6 Å². The number of rotatable bonds is 7. The van der Waals surface area contributed by atoms with Crippen LogP contribution >= 0.6 is 0 Å². The van der Waals surface area contributed by atoms with Crippen LogP contribution in [0.15, 0.2) is 65.1 Å². The molecule has 0 saturated carbocycles. The summed E-state index contributed by atoms with van der Waals surface area (Å²) >= 11 is 0. The number of aryl methyl sites for hydroxylation is 1. The van der Waals surface area contributed by atoms with Gasteiger partial charge < -0.3 is 18.8 Å². The van der Waals surface area contributed by atoms with Gasteiger partial charge in [0.1, 0.15) is 11.5 Å². The van der Waals surface area contributed by atoms with Crippen molar-refractivity contribution in [1.82, 2.24) is 4.90 Å². The van der Waals surface area contributed by atoms with Crippen LogP contribution in [0.2, 0.25) is 0 Å². The number of hydrogen-bond donors (Lipinski definition) is 0. The molecule has 1 aliphatic heterocycles. The number of carbonyl (C=O) groups excluding carboxylic acids is 1. The molecule has 0 aliphatic carbocycles. The Morgan fingerprint density at radius 2 is 1.79 bits per heavy atom. The number of furan rings is 1. The van der Waals surface area contributed by atoms with E-state index < -0.39 is 0 Å². The smallest absolute Gasteiger partial charge is 0.231 e. The first-order chi connectivity index (χ1) is 14.1. The number of amides is 1. The molecule has 4 rings (SSSR count). The van der Waals surface area contributed by atoms with Crippen LogP contribution in [0.4, 0.5) is 0 Å². The minimum atomic E-state index is -0.193. The molecule has 1 unspecified atom stereocenters. The van der Waals surface area contributed by atoms with Crippen LogP contribution in [0.3, 0.4) is 0 Å². The van der Waals surface area contributed by atoms with Crippen LogP contribution in [-0.4, -0.2) is 17.6 Å². The van der Waals surface area contributed by atoms with E-state index in [9.17, 15) is 4.79 Å². The maximum absolute atomic E-state index is 13.6. The third-order valence-corrected chi connectivity index (χ3v) is 5.17. The summed E-state index contributed by atoms with van der Waals surface area (Å²) in [5, 5.41) is 0. The molecule has 29 heavy (non-hydrogen) atoms. The van der Waals surface area contributed by atoms with Crippen molar-refractivity contribution in [3.8, 4) is 11.5 Å². The third kappa shape index (κ3) is 4.29. The molecule has 5 heteroatoms. The van der Waals surface area contributed by atoms with Crippen molar-refractivity contribution in [2.24, 2.45) is 0 Å². The van der Waals surface area contributed by atoms with E-state index in [0.29, 0.717) is 13.1 Å². The Balaban J connectivity index is 1.61. The highest BCUT2D eigenvalue weighted by molar-refractivity contribution is 5.83. The molecular formula is C24H25NO4. The molecule has 1 atom stereocenters. The highest BCUT2D eigenvalue weighted by atomic mass is 16.7. The molecule has 1 aromatic heterocycles. The van der Waals surface area contributed by atoms with E-state index in [2.05, 4.69) is 0 Å². The molecular weight excluding hydrogens is 366 g/mol. The molecule has 0 spiro atoms. The highest BCUT2D eigenvalue weighted by Crippen LogP contribution is 2.33. The minimum absolute atomic E-state index is 0.0884. The average molecular weight is 391 g/mol. The zero-order valence-electron chi connectivity index (χ0n) is 16.8. The Bertz CT molecular complexity index is 980. The molecule has 2 aromatic carbocycles. The average Bonchev–Trinajstić information content (AvgIpc) is 3.37. The number of nitrogens with zero attached hydrogens (tertiary/aromatic N) is 1. The van der Waals surface area contributed by atoms with E-state index in [1.807, 2.05) is 79.4 Å². The lowest BCUT2D eigenvalue weighted by atomic mass is 9.94. The van der Waals surface area contributed by atoms with Crippen molar-refractivity contribution in [2.75, 3.05) is 6.79 Å². The Morgan fingerprint density at radius 3 is 2.52 bits per heavy atom. The number of carbonyl (C=O) groups is 1. The molecule has 0 fully saturated rings. The maximum Gasteiger partial charge on any atom is 0.231 e. The fourth-order valence-corrected chi connectivity index (χ4v) is 3.69. The number of benzene rings is 2. The predicted molar refractivity (Wildman–Crippen MR) is 110 cm³/mol. The predicted octanol–water partition coefficient (Wildman–Crippen LogP) is 5.04. The second kappa shape index (κ2) is 8.43. The van der Waals surface area contributed by atoms with E-state index in [1.54, 1.807) is 0 Å². The summed E-state index contributed by atoms with van der Waals surface area (Å²) in [6.45, 7) is 5.08. The van der Waals surface area contributed by atoms with Crippen molar-refractivity contribution in [2.45, 2.75) is 39.3 Å². The number of hydrogen-bond acceptors (Lipinski definition) is 4. The van der Waals surface area contributed by atoms with E-state index in [4.69, 9.17) is 13.9 Å². The van der Waals surface area contributed by atoms with Crippen molar-refractivity contribution in [3.63, 3.8) is 0 Å². The van der Waals surface area contributed by atoms with Gasteiger partial charge in [0.05, 0.1) is 12.5 Å². The van der Waals surface area contributed by atoms with Crippen LogP contribution in [0.5, 0.6) is 11.5 Å². The molecule has 0 saturated heterocycles. The summed E-state index contributed by atoms with van der Waals surface area (Å²) in [6, 6.07) is 19.6. The molecule has 2 heterocycles. The third-order valence-electron chi connectivity index (χ3n) is 5.17. The van der Waals surface area contributed by atoms with Gasteiger partial charge in [0.2, 0.25) is 12.7 Å². The van der Waals surface area contributed by atoms with Crippen LogP contribution < -0.4 is 9.47 Å². The van der Waals surface area contributed by atoms with Gasteiger partial charge in [-0.2, -0.15) is 0 Å². The van der Waals surface area contributed by atoms with Gasteiger partial charge in [0.15, 0.2) is 11.5 Å². The Morgan fingerprint density at radius 1 is 1.00 bits per heavy atom. The summed E-state index contributed by atoms with van der Waals surface area (Å²) in [5.41, 5.74) is 2.03. The molecule has 3 aromatic rings. The van der Waals surface area contributed by atoms with Gasteiger partial charge in [-0.3, -0.25) is 4.79 Å². The largest absolute Gasteiger partial charge is 0.464 e. The quantitative estimate of drug-likeness (QED) is 0.566. The Hall–Kier alpha value is -3.21. The lowest BCUT2D eigenvalue weighted by molar-refractivity contribution is -0.134. The van der Waals surface area contributed by atoms with Crippen molar-refractivity contribution in [3.05, 3.63) is 83.3 Å². The first kappa shape index (κ1) is 19.1. The van der Waals surface area contributed by atoms with E-state index >= 15 is 0 Å². The van der Waals surface area contributed by atoms with Gasteiger partial charge in [-0.25, -0.2) is 0 Å². The van der Waals surface area contributed by atoms with Crippen LogP contribution in [0.1, 0.15) is 41.9 Å². The Kier molecular flexibility index (Phi) is 5.56. The van der Waals surface area contributed by atoms with Crippen LogP contribution in [-0.2, 0) is 17.9 Å². The molecule has 5 nitrogen and oxygen atoms in total. The fourth-order valence-electron chi connectivity index (χ4n) is 3.69. The summed E-state index contributed by atoms with van der Waals surface area (Å²) in [5.74, 6) is 2.97. The minimum Gasteiger partial charge on any atom is -0.464 e. The summed E-state index contributed by atoms with van der Waals surface area (Å²) in [6.07, 6.45) is 0.734. The zero-order valence-corrected chi connectivity index (χ0v) is 16.8. The summed E-state index contributed by atoms with van der Waals surface area (Å²) in [7, 11) is 0. The normalized spacial score (nSPS) is 13.3. The second-order valence-electron chi connectivity index (χ2n) is 7.27. The van der Waals surface area contributed by atoms with Gasteiger partial charge in [-0.1, -0.05) is 43.3 Å².